The molecule has 0 aromatic heterocycles. The minimum absolute atomic E-state index is 0.00292. The fourth-order valence-corrected chi connectivity index (χ4v) is 3.02. The summed E-state index contributed by atoms with van der Waals surface area (Å²) in [5.41, 5.74) is 0. The van der Waals surface area contributed by atoms with E-state index >= 15 is 0 Å². The van der Waals surface area contributed by atoms with Crippen molar-refractivity contribution in [2.45, 2.75) is 124 Å². The van der Waals surface area contributed by atoms with Gasteiger partial charge in [0.25, 0.3) is 0 Å². The Bertz CT molecular complexity index is 261. The summed E-state index contributed by atoms with van der Waals surface area (Å²) in [4.78, 5) is 11.4. The Hall–Kier alpha value is -0.530. The molecule has 0 saturated heterocycles. The van der Waals surface area contributed by atoms with Crippen molar-refractivity contribution < 1.29 is 9.53 Å². The van der Waals surface area contributed by atoms with E-state index < -0.39 is 0 Å². The van der Waals surface area contributed by atoms with Gasteiger partial charge in [-0.1, -0.05) is 104 Å². The van der Waals surface area contributed by atoms with E-state index in [1.165, 1.54) is 70.6 Å². The lowest BCUT2D eigenvalue weighted by Gasteiger charge is -2.05. The minimum Gasteiger partial charge on any atom is -0.466 e. The van der Waals surface area contributed by atoms with Gasteiger partial charge in [0.2, 0.25) is 0 Å². The highest BCUT2D eigenvalue weighted by molar-refractivity contribution is 5.69. The standard InChI is InChI=1S/C22H44O2/c1-4-5-15-19-22(23)24-20-17-14-12-10-8-6-7-9-11-13-16-18-21(2)3/h21H,4-20H2,1-3H3. The molecule has 0 aliphatic heterocycles. The van der Waals surface area contributed by atoms with Crippen molar-refractivity contribution in [3.63, 3.8) is 0 Å². The third-order valence-corrected chi connectivity index (χ3v) is 4.67. The van der Waals surface area contributed by atoms with Gasteiger partial charge in [0, 0.05) is 6.42 Å². The Kier molecular flexibility index (Phi) is 18.4. The lowest BCUT2D eigenvalue weighted by atomic mass is 10.0. The van der Waals surface area contributed by atoms with Crippen molar-refractivity contribution in [1.29, 1.82) is 0 Å². The van der Waals surface area contributed by atoms with Crippen molar-refractivity contribution in [2.75, 3.05) is 6.61 Å². The maximum Gasteiger partial charge on any atom is 0.305 e. The normalized spacial score (nSPS) is 11.2. The molecule has 24 heavy (non-hydrogen) atoms. The van der Waals surface area contributed by atoms with Gasteiger partial charge in [-0.3, -0.25) is 4.79 Å². The molecule has 0 aromatic rings. The third kappa shape index (κ3) is 19.5. The second-order valence-corrected chi connectivity index (χ2v) is 7.75. The highest BCUT2D eigenvalue weighted by Crippen LogP contribution is 2.13. The van der Waals surface area contributed by atoms with E-state index in [2.05, 4.69) is 20.8 Å². The second kappa shape index (κ2) is 18.8. The van der Waals surface area contributed by atoms with Gasteiger partial charge in [-0.05, 0) is 18.8 Å². The Morgan fingerprint density at radius 1 is 0.708 bits per heavy atom. The van der Waals surface area contributed by atoms with E-state index in [-0.39, 0.29) is 5.97 Å². The third-order valence-electron chi connectivity index (χ3n) is 4.67. The summed E-state index contributed by atoms with van der Waals surface area (Å²) in [5, 5.41) is 0. The summed E-state index contributed by atoms with van der Waals surface area (Å²) in [6.45, 7) is 7.41. The summed E-state index contributed by atoms with van der Waals surface area (Å²) in [6.07, 6.45) is 20.0. The largest absolute Gasteiger partial charge is 0.466 e. The topological polar surface area (TPSA) is 26.3 Å². The molecule has 144 valence electrons. The van der Waals surface area contributed by atoms with E-state index in [0.29, 0.717) is 13.0 Å². The molecule has 0 N–H and O–H groups in total. The van der Waals surface area contributed by atoms with Crippen LogP contribution in [0.5, 0.6) is 0 Å². The van der Waals surface area contributed by atoms with Crippen LogP contribution < -0.4 is 0 Å². The molecule has 0 atom stereocenters. The molecule has 0 bridgehead atoms. The molecule has 0 heterocycles. The molecule has 2 nitrogen and oxygen atoms in total. The predicted octanol–water partition coefficient (Wildman–Crippen LogP) is 7.45. The van der Waals surface area contributed by atoms with Crippen LogP contribution in [0.2, 0.25) is 0 Å². The fraction of sp³-hybridized carbons (Fsp3) is 0.955. The van der Waals surface area contributed by atoms with Crippen LogP contribution in [0.1, 0.15) is 124 Å². The van der Waals surface area contributed by atoms with Crippen LogP contribution in [0, 0.1) is 5.92 Å². The smallest absolute Gasteiger partial charge is 0.305 e. The summed E-state index contributed by atoms with van der Waals surface area (Å²) < 4.78 is 5.26. The van der Waals surface area contributed by atoms with Gasteiger partial charge in [0.15, 0.2) is 0 Å². The first-order valence-corrected chi connectivity index (χ1v) is 10.8. The molecule has 0 unspecified atom stereocenters. The van der Waals surface area contributed by atoms with Gasteiger partial charge in [-0.2, -0.15) is 0 Å². The quantitative estimate of drug-likeness (QED) is 0.191. The van der Waals surface area contributed by atoms with Gasteiger partial charge >= 0.3 is 5.97 Å². The first-order chi connectivity index (χ1) is 11.7. The minimum atomic E-state index is -0.00292. The van der Waals surface area contributed by atoms with Crippen molar-refractivity contribution in [3.8, 4) is 0 Å². The van der Waals surface area contributed by atoms with Crippen LogP contribution >= 0.6 is 0 Å². The Morgan fingerprint density at radius 2 is 1.21 bits per heavy atom. The van der Waals surface area contributed by atoms with Crippen molar-refractivity contribution in [2.24, 2.45) is 5.92 Å². The van der Waals surface area contributed by atoms with Crippen molar-refractivity contribution >= 4 is 5.97 Å². The monoisotopic (exact) mass is 340 g/mol. The zero-order valence-electron chi connectivity index (χ0n) is 16.9. The van der Waals surface area contributed by atoms with Crippen LogP contribution in [0.25, 0.3) is 0 Å². The fourth-order valence-electron chi connectivity index (χ4n) is 3.02. The molecule has 0 amide bonds. The van der Waals surface area contributed by atoms with Gasteiger partial charge in [0.05, 0.1) is 6.61 Å². The van der Waals surface area contributed by atoms with Gasteiger partial charge in [0.1, 0.15) is 0 Å². The number of hydrogen-bond acceptors (Lipinski definition) is 2. The van der Waals surface area contributed by atoms with E-state index in [9.17, 15) is 4.79 Å². The van der Waals surface area contributed by atoms with E-state index in [0.717, 1.165) is 31.6 Å². The molecular formula is C22H44O2. The van der Waals surface area contributed by atoms with Gasteiger partial charge < -0.3 is 4.74 Å². The maximum atomic E-state index is 11.4. The number of esters is 1. The zero-order valence-corrected chi connectivity index (χ0v) is 16.9. The first kappa shape index (κ1) is 23.5. The molecule has 0 saturated carbocycles. The summed E-state index contributed by atoms with van der Waals surface area (Å²) in [6, 6.07) is 0. The molecule has 0 aliphatic carbocycles. The highest BCUT2D eigenvalue weighted by atomic mass is 16.5. The Balaban J connectivity index is 3.08. The van der Waals surface area contributed by atoms with Gasteiger partial charge in [-0.25, -0.2) is 0 Å². The lowest BCUT2D eigenvalue weighted by molar-refractivity contribution is -0.143. The van der Waals surface area contributed by atoms with Crippen LogP contribution in [-0.4, -0.2) is 12.6 Å². The average Bonchev–Trinajstić information content (AvgIpc) is 2.55. The van der Waals surface area contributed by atoms with Crippen LogP contribution in [0.15, 0.2) is 0 Å². The molecule has 2 heteroatoms. The molecule has 0 rings (SSSR count). The number of carbonyl (C=O) groups excluding carboxylic acids is 1. The van der Waals surface area contributed by atoms with E-state index in [4.69, 9.17) is 4.74 Å². The first-order valence-electron chi connectivity index (χ1n) is 10.8. The number of ether oxygens (including phenoxy) is 1. The number of unbranched alkanes of at least 4 members (excludes halogenated alkanes) is 12. The molecule has 0 spiro atoms. The molecular weight excluding hydrogens is 296 g/mol. The SMILES string of the molecule is CCCCCC(=O)OCCCCCCCCCCCCCC(C)C. The molecule has 0 aromatic carbocycles. The van der Waals surface area contributed by atoms with Gasteiger partial charge in [-0.15, -0.1) is 0 Å². The van der Waals surface area contributed by atoms with E-state index in [1.54, 1.807) is 0 Å². The number of hydrogen-bond donors (Lipinski definition) is 0. The van der Waals surface area contributed by atoms with Crippen molar-refractivity contribution in [3.05, 3.63) is 0 Å². The van der Waals surface area contributed by atoms with Crippen LogP contribution in [0.3, 0.4) is 0 Å². The maximum absolute atomic E-state index is 11.4. The Labute approximate surface area is 152 Å². The number of rotatable bonds is 18. The van der Waals surface area contributed by atoms with Crippen LogP contribution in [-0.2, 0) is 9.53 Å². The Morgan fingerprint density at radius 3 is 1.71 bits per heavy atom. The zero-order chi connectivity index (χ0) is 17.9. The summed E-state index contributed by atoms with van der Waals surface area (Å²) in [5.74, 6) is 0.867. The predicted molar refractivity (Wildman–Crippen MR) is 105 cm³/mol. The second-order valence-electron chi connectivity index (χ2n) is 7.75. The molecule has 0 radical (unpaired) electrons. The average molecular weight is 341 g/mol. The highest BCUT2D eigenvalue weighted by Gasteiger charge is 2.01. The van der Waals surface area contributed by atoms with E-state index in [1.807, 2.05) is 0 Å². The lowest BCUT2D eigenvalue weighted by Crippen LogP contribution is -2.05. The summed E-state index contributed by atoms with van der Waals surface area (Å²) in [7, 11) is 0. The number of carbonyl (C=O) groups is 1. The van der Waals surface area contributed by atoms with Crippen molar-refractivity contribution in [1.82, 2.24) is 0 Å². The molecule has 0 aliphatic rings. The van der Waals surface area contributed by atoms with Crippen LogP contribution in [0.4, 0.5) is 0 Å². The molecule has 0 fully saturated rings. The summed E-state index contributed by atoms with van der Waals surface area (Å²) >= 11 is 0.